The summed E-state index contributed by atoms with van der Waals surface area (Å²) < 4.78 is 27.0. The first-order valence-corrected chi connectivity index (χ1v) is 6.90. The van der Waals surface area contributed by atoms with Crippen LogP contribution in [0.3, 0.4) is 0 Å². The van der Waals surface area contributed by atoms with Crippen molar-refractivity contribution in [2.45, 2.75) is 32.7 Å². The Hall–Kier alpha value is -1.49. The molecular weight excluding hydrogens is 262 g/mol. The molecule has 0 saturated carbocycles. The standard InChI is InChI=1S/C15H20F2N2O/c1-9-6-12(14(17)7-13(9)16)15(20)19-5-3-4-11(8-19)10(2)18/h6-7,10-11H,3-5,8,18H2,1-2H3. The molecule has 3 nitrogen and oxygen atoms in total. The third-order valence-electron chi connectivity index (χ3n) is 3.97. The zero-order valence-electron chi connectivity index (χ0n) is 11.8. The minimum atomic E-state index is -0.805. The largest absolute Gasteiger partial charge is 0.338 e. The molecule has 20 heavy (non-hydrogen) atoms. The quantitative estimate of drug-likeness (QED) is 0.905. The number of amides is 1. The molecular formula is C15H20F2N2O. The van der Waals surface area contributed by atoms with E-state index < -0.39 is 11.6 Å². The number of likely N-dealkylation sites (tertiary alicyclic amines) is 1. The maximum atomic E-state index is 13.8. The molecule has 1 amide bonds. The molecule has 0 aromatic heterocycles. The van der Waals surface area contributed by atoms with E-state index in [4.69, 9.17) is 5.73 Å². The van der Waals surface area contributed by atoms with Crippen LogP contribution in [0.4, 0.5) is 8.78 Å². The molecule has 1 aromatic rings. The lowest BCUT2D eigenvalue weighted by Gasteiger charge is -2.34. The van der Waals surface area contributed by atoms with Gasteiger partial charge in [-0.1, -0.05) is 0 Å². The Morgan fingerprint density at radius 2 is 2.10 bits per heavy atom. The highest BCUT2D eigenvalue weighted by molar-refractivity contribution is 5.94. The third-order valence-corrected chi connectivity index (χ3v) is 3.97. The molecule has 1 fully saturated rings. The molecule has 110 valence electrons. The molecule has 2 rings (SSSR count). The number of carbonyl (C=O) groups excluding carboxylic acids is 1. The van der Waals surface area contributed by atoms with Crippen LogP contribution in [0.25, 0.3) is 0 Å². The van der Waals surface area contributed by atoms with Crippen molar-refractivity contribution < 1.29 is 13.6 Å². The number of nitrogens with zero attached hydrogens (tertiary/aromatic N) is 1. The summed E-state index contributed by atoms with van der Waals surface area (Å²) in [7, 11) is 0. The number of nitrogens with two attached hydrogens (primary N) is 1. The van der Waals surface area contributed by atoms with Gasteiger partial charge >= 0.3 is 0 Å². The number of halogens is 2. The zero-order valence-corrected chi connectivity index (χ0v) is 11.8. The molecule has 2 unspecified atom stereocenters. The third kappa shape index (κ3) is 2.98. The van der Waals surface area contributed by atoms with Gasteiger partial charge in [-0.2, -0.15) is 0 Å². The van der Waals surface area contributed by atoms with Crippen molar-refractivity contribution in [2.75, 3.05) is 13.1 Å². The lowest BCUT2D eigenvalue weighted by molar-refractivity contribution is 0.0656. The molecule has 1 saturated heterocycles. The Kier molecular flexibility index (Phi) is 4.38. The first-order valence-electron chi connectivity index (χ1n) is 6.90. The monoisotopic (exact) mass is 282 g/mol. The van der Waals surface area contributed by atoms with Crippen molar-refractivity contribution >= 4 is 5.91 Å². The summed E-state index contributed by atoms with van der Waals surface area (Å²) in [6.07, 6.45) is 1.84. The summed E-state index contributed by atoms with van der Waals surface area (Å²) in [6.45, 7) is 4.57. The number of carbonyl (C=O) groups is 1. The van der Waals surface area contributed by atoms with Gasteiger partial charge in [0.1, 0.15) is 11.6 Å². The smallest absolute Gasteiger partial charge is 0.256 e. The molecule has 1 aliphatic heterocycles. The second-order valence-corrected chi connectivity index (χ2v) is 5.59. The molecule has 2 N–H and O–H groups in total. The van der Waals surface area contributed by atoms with E-state index in [1.54, 1.807) is 4.90 Å². The summed E-state index contributed by atoms with van der Waals surface area (Å²) in [4.78, 5) is 14.0. The summed E-state index contributed by atoms with van der Waals surface area (Å²) in [5.41, 5.74) is 6.09. The molecule has 2 atom stereocenters. The highest BCUT2D eigenvalue weighted by Crippen LogP contribution is 2.22. The van der Waals surface area contributed by atoms with Crippen molar-refractivity contribution in [3.05, 3.63) is 34.9 Å². The van der Waals surface area contributed by atoms with E-state index in [2.05, 4.69) is 0 Å². The molecule has 0 radical (unpaired) electrons. The van der Waals surface area contributed by atoms with Gasteiger partial charge < -0.3 is 10.6 Å². The van der Waals surface area contributed by atoms with E-state index >= 15 is 0 Å². The van der Waals surface area contributed by atoms with Crippen molar-refractivity contribution in [2.24, 2.45) is 11.7 Å². The topological polar surface area (TPSA) is 46.3 Å². The van der Waals surface area contributed by atoms with Crippen LogP contribution < -0.4 is 5.73 Å². The fourth-order valence-corrected chi connectivity index (χ4v) is 2.62. The second-order valence-electron chi connectivity index (χ2n) is 5.59. The minimum absolute atomic E-state index is 0.00500. The normalized spacial score (nSPS) is 20.9. The van der Waals surface area contributed by atoms with E-state index in [1.807, 2.05) is 6.92 Å². The van der Waals surface area contributed by atoms with Crippen LogP contribution in [0.1, 0.15) is 35.7 Å². The van der Waals surface area contributed by atoms with E-state index in [-0.39, 0.29) is 29.0 Å². The van der Waals surface area contributed by atoms with Crippen LogP contribution in [0, 0.1) is 24.5 Å². The Morgan fingerprint density at radius 3 is 2.75 bits per heavy atom. The first kappa shape index (κ1) is 14.9. The van der Waals surface area contributed by atoms with Gasteiger partial charge in [0, 0.05) is 25.2 Å². The van der Waals surface area contributed by atoms with E-state index in [0.29, 0.717) is 13.1 Å². The van der Waals surface area contributed by atoms with Crippen LogP contribution in [-0.4, -0.2) is 29.9 Å². The Bertz CT molecular complexity index is 517. The maximum absolute atomic E-state index is 13.8. The van der Waals surface area contributed by atoms with E-state index in [9.17, 15) is 13.6 Å². The van der Waals surface area contributed by atoms with Crippen LogP contribution in [0.5, 0.6) is 0 Å². The average molecular weight is 282 g/mol. The van der Waals surface area contributed by atoms with Crippen molar-refractivity contribution in [3.63, 3.8) is 0 Å². The predicted octanol–water partition coefficient (Wildman–Crippen LogP) is 2.47. The van der Waals surface area contributed by atoms with E-state index in [1.165, 1.54) is 13.0 Å². The predicted molar refractivity (Wildman–Crippen MR) is 73.4 cm³/mol. The highest BCUT2D eigenvalue weighted by atomic mass is 19.1. The second kappa shape index (κ2) is 5.87. The Morgan fingerprint density at radius 1 is 1.40 bits per heavy atom. The van der Waals surface area contributed by atoms with Gasteiger partial charge in [0.05, 0.1) is 5.56 Å². The lowest BCUT2D eigenvalue weighted by Crippen LogP contribution is -2.45. The Balaban J connectivity index is 2.21. The van der Waals surface area contributed by atoms with Crippen LogP contribution in [0.15, 0.2) is 12.1 Å². The highest BCUT2D eigenvalue weighted by Gasteiger charge is 2.28. The number of hydrogen-bond donors (Lipinski definition) is 1. The molecule has 1 aliphatic rings. The summed E-state index contributed by atoms with van der Waals surface area (Å²) >= 11 is 0. The average Bonchev–Trinajstić information content (AvgIpc) is 2.42. The number of aryl methyl sites for hydroxylation is 1. The van der Waals surface area contributed by atoms with Gasteiger partial charge in [0.15, 0.2) is 0 Å². The van der Waals surface area contributed by atoms with Crippen LogP contribution >= 0.6 is 0 Å². The van der Waals surface area contributed by atoms with Gasteiger partial charge in [0.2, 0.25) is 0 Å². The number of hydrogen-bond acceptors (Lipinski definition) is 2. The van der Waals surface area contributed by atoms with Gasteiger partial charge in [-0.05, 0) is 44.2 Å². The van der Waals surface area contributed by atoms with Gasteiger partial charge in [-0.15, -0.1) is 0 Å². The van der Waals surface area contributed by atoms with Crippen LogP contribution in [-0.2, 0) is 0 Å². The zero-order chi connectivity index (χ0) is 14.9. The number of piperidine rings is 1. The SMILES string of the molecule is Cc1cc(C(=O)N2CCCC(C(C)N)C2)c(F)cc1F. The summed E-state index contributed by atoms with van der Waals surface area (Å²) in [6, 6.07) is 2.06. The van der Waals surface area contributed by atoms with Crippen LogP contribution in [0.2, 0.25) is 0 Å². The molecule has 1 aromatic carbocycles. The fourth-order valence-electron chi connectivity index (χ4n) is 2.62. The molecule has 5 heteroatoms. The minimum Gasteiger partial charge on any atom is -0.338 e. The first-order chi connectivity index (χ1) is 9.40. The van der Waals surface area contributed by atoms with E-state index in [0.717, 1.165) is 18.9 Å². The Labute approximate surface area is 117 Å². The summed E-state index contributed by atoms with van der Waals surface area (Å²) in [5.74, 6) is -1.58. The summed E-state index contributed by atoms with van der Waals surface area (Å²) in [5, 5.41) is 0. The lowest BCUT2D eigenvalue weighted by atomic mass is 9.91. The van der Waals surface area contributed by atoms with Crippen molar-refractivity contribution in [1.82, 2.24) is 4.90 Å². The number of benzene rings is 1. The molecule has 1 heterocycles. The van der Waals surface area contributed by atoms with Gasteiger partial charge in [0.25, 0.3) is 5.91 Å². The molecule has 0 aliphatic carbocycles. The van der Waals surface area contributed by atoms with Gasteiger partial charge in [-0.3, -0.25) is 4.79 Å². The fraction of sp³-hybridized carbons (Fsp3) is 0.533. The maximum Gasteiger partial charge on any atom is 0.256 e. The number of rotatable bonds is 2. The van der Waals surface area contributed by atoms with Crippen molar-refractivity contribution in [3.8, 4) is 0 Å². The van der Waals surface area contributed by atoms with Gasteiger partial charge in [-0.25, -0.2) is 8.78 Å². The molecule has 0 bridgehead atoms. The van der Waals surface area contributed by atoms with Crippen molar-refractivity contribution in [1.29, 1.82) is 0 Å². The molecule has 0 spiro atoms.